The van der Waals surface area contributed by atoms with Crippen LogP contribution in [0.25, 0.3) is 5.13 Å². The van der Waals surface area contributed by atoms with Crippen molar-refractivity contribution in [2.45, 2.75) is 5.03 Å². The van der Waals surface area contributed by atoms with Crippen LogP contribution >= 0.6 is 22.0 Å². The Morgan fingerprint density at radius 3 is 2.81 bits per heavy atom. The SMILES string of the molecule is N#Cc1cnn(-c2nccs2)c1S(=O)(=O)Cl. The molecule has 0 unspecified atom stereocenters. The van der Waals surface area contributed by atoms with Gasteiger partial charge in [0, 0.05) is 22.3 Å². The van der Waals surface area contributed by atoms with Crippen molar-refractivity contribution in [3.8, 4) is 11.2 Å². The number of hydrogen-bond donors (Lipinski definition) is 0. The monoisotopic (exact) mass is 274 g/mol. The molecule has 0 radical (unpaired) electrons. The molecule has 82 valence electrons. The van der Waals surface area contributed by atoms with Crippen molar-refractivity contribution in [3.63, 3.8) is 0 Å². The van der Waals surface area contributed by atoms with Crippen molar-refractivity contribution in [1.29, 1.82) is 5.26 Å². The minimum absolute atomic E-state index is 0.106. The summed E-state index contributed by atoms with van der Waals surface area (Å²) >= 11 is 1.19. The molecule has 0 fully saturated rings. The van der Waals surface area contributed by atoms with Gasteiger partial charge in [0.1, 0.15) is 11.6 Å². The van der Waals surface area contributed by atoms with E-state index < -0.39 is 9.05 Å². The predicted octanol–water partition coefficient (Wildman–Crippen LogP) is 1.13. The highest BCUT2D eigenvalue weighted by Crippen LogP contribution is 2.23. The summed E-state index contributed by atoms with van der Waals surface area (Å²) in [6, 6.07) is 1.71. The molecule has 0 atom stereocenters. The topological polar surface area (TPSA) is 88.6 Å². The van der Waals surface area contributed by atoms with Crippen molar-refractivity contribution in [3.05, 3.63) is 23.3 Å². The predicted molar refractivity (Wildman–Crippen MR) is 57.0 cm³/mol. The van der Waals surface area contributed by atoms with E-state index in [2.05, 4.69) is 10.1 Å². The Balaban J connectivity index is 2.75. The van der Waals surface area contributed by atoms with Gasteiger partial charge in [-0.3, -0.25) is 0 Å². The third-order valence-corrected chi connectivity index (χ3v) is 3.72. The molecule has 0 aromatic carbocycles. The van der Waals surface area contributed by atoms with Gasteiger partial charge in [0.05, 0.1) is 6.20 Å². The number of aromatic nitrogens is 3. The van der Waals surface area contributed by atoms with Gasteiger partial charge in [0.25, 0.3) is 9.05 Å². The van der Waals surface area contributed by atoms with E-state index in [1.807, 2.05) is 0 Å². The van der Waals surface area contributed by atoms with E-state index in [4.69, 9.17) is 15.9 Å². The Labute approximate surface area is 99.1 Å². The molecule has 2 rings (SSSR count). The number of thiazole rings is 1. The molecule has 0 bridgehead atoms. The van der Waals surface area contributed by atoms with Crippen molar-refractivity contribution >= 4 is 31.1 Å². The Morgan fingerprint density at radius 1 is 1.56 bits per heavy atom. The van der Waals surface area contributed by atoms with Crippen LogP contribution in [0.15, 0.2) is 22.8 Å². The molecule has 2 heterocycles. The summed E-state index contributed by atoms with van der Waals surface area (Å²) in [6.45, 7) is 0. The van der Waals surface area contributed by atoms with E-state index >= 15 is 0 Å². The van der Waals surface area contributed by atoms with Gasteiger partial charge >= 0.3 is 0 Å². The zero-order valence-electron chi connectivity index (χ0n) is 7.53. The lowest BCUT2D eigenvalue weighted by atomic mass is 10.4. The summed E-state index contributed by atoms with van der Waals surface area (Å²) in [5.74, 6) is 0. The van der Waals surface area contributed by atoms with Crippen LogP contribution in [0.3, 0.4) is 0 Å². The van der Waals surface area contributed by atoms with E-state index in [0.717, 1.165) is 10.9 Å². The van der Waals surface area contributed by atoms with Crippen LogP contribution in [0, 0.1) is 11.3 Å². The van der Waals surface area contributed by atoms with Crippen molar-refractivity contribution in [1.82, 2.24) is 14.8 Å². The molecule has 16 heavy (non-hydrogen) atoms. The zero-order valence-corrected chi connectivity index (χ0v) is 9.92. The van der Waals surface area contributed by atoms with Gasteiger partial charge in [0.2, 0.25) is 5.13 Å². The minimum atomic E-state index is -4.04. The highest BCUT2D eigenvalue weighted by molar-refractivity contribution is 8.13. The molecular formula is C7H3ClN4O2S2. The second kappa shape index (κ2) is 3.86. The zero-order chi connectivity index (χ0) is 11.8. The summed E-state index contributed by atoms with van der Waals surface area (Å²) in [7, 11) is 1.20. The van der Waals surface area contributed by atoms with Crippen LogP contribution in [-0.2, 0) is 9.05 Å². The van der Waals surface area contributed by atoms with Crippen LogP contribution in [0.5, 0.6) is 0 Å². The summed E-state index contributed by atoms with van der Waals surface area (Å²) in [6.07, 6.45) is 2.63. The Morgan fingerprint density at radius 2 is 2.31 bits per heavy atom. The molecule has 6 nitrogen and oxygen atoms in total. The second-order valence-electron chi connectivity index (χ2n) is 2.64. The summed E-state index contributed by atoms with van der Waals surface area (Å²) in [5, 5.41) is 14.2. The van der Waals surface area contributed by atoms with Gasteiger partial charge in [-0.1, -0.05) is 0 Å². The molecular weight excluding hydrogens is 272 g/mol. The smallest absolute Gasteiger partial charge is 0.227 e. The van der Waals surface area contributed by atoms with Gasteiger partial charge in [-0.25, -0.2) is 13.4 Å². The molecule has 0 aliphatic carbocycles. The lowest BCUT2D eigenvalue weighted by Crippen LogP contribution is -2.05. The highest BCUT2D eigenvalue weighted by Gasteiger charge is 2.24. The van der Waals surface area contributed by atoms with Crippen molar-refractivity contribution in [2.24, 2.45) is 0 Å². The van der Waals surface area contributed by atoms with Crippen molar-refractivity contribution < 1.29 is 8.42 Å². The number of halogens is 1. The number of hydrogen-bond acceptors (Lipinski definition) is 6. The Hall–Kier alpha value is -1.43. The molecule has 0 saturated heterocycles. The lowest BCUT2D eigenvalue weighted by Gasteiger charge is -1.99. The standard InChI is InChI=1S/C7H3ClN4O2S2/c8-16(13,14)6-5(3-9)4-11-12(6)7-10-1-2-15-7/h1-2,4H. The normalized spacial score (nSPS) is 11.2. The van der Waals surface area contributed by atoms with Crippen molar-refractivity contribution in [2.75, 3.05) is 0 Å². The van der Waals surface area contributed by atoms with Gasteiger partial charge < -0.3 is 0 Å². The van der Waals surface area contributed by atoms with Crippen LogP contribution in [0.1, 0.15) is 5.56 Å². The summed E-state index contributed by atoms with van der Waals surface area (Å²) < 4.78 is 23.7. The fourth-order valence-electron chi connectivity index (χ4n) is 1.11. The first-order chi connectivity index (χ1) is 7.54. The van der Waals surface area contributed by atoms with E-state index in [0.29, 0.717) is 5.13 Å². The highest BCUT2D eigenvalue weighted by atomic mass is 35.7. The first-order valence-corrected chi connectivity index (χ1v) is 7.05. The second-order valence-corrected chi connectivity index (χ2v) is 5.99. The third kappa shape index (κ3) is 1.80. The first-order valence-electron chi connectivity index (χ1n) is 3.86. The lowest BCUT2D eigenvalue weighted by molar-refractivity contribution is 0.599. The van der Waals surface area contributed by atoms with Gasteiger partial charge in [0.15, 0.2) is 5.03 Å². The quantitative estimate of drug-likeness (QED) is 0.766. The maximum Gasteiger partial charge on any atom is 0.280 e. The number of nitrogens with zero attached hydrogens (tertiary/aromatic N) is 4. The Bertz CT molecular complexity index is 653. The average molecular weight is 275 g/mol. The summed E-state index contributed by atoms with van der Waals surface area (Å²) in [4.78, 5) is 3.89. The molecule has 0 aliphatic heterocycles. The van der Waals surface area contributed by atoms with E-state index in [9.17, 15) is 8.42 Å². The maximum absolute atomic E-state index is 11.3. The number of rotatable bonds is 2. The summed E-state index contributed by atoms with van der Waals surface area (Å²) in [5.41, 5.74) is -0.106. The molecule has 0 spiro atoms. The molecule has 9 heteroatoms. The minimum Gasteiger partial charge on any atom is -0.227 e. The first kappa shape index (κ1) is 11.1. The van der Waals surface area contributed by atoms with E-state index in [1.54, 1.807) is 11.4 Å². The van der Waals surface area contributed by atoms with Crippen LogP contribution in [0.2, 0.25) is 0 Å². The van der Waals surface area contributed by atoms with Gasteiger partial charge in [-0.2, -0.15) is 15.0 Å². The van der Waals surface area contributed by atoms with Crippen LogP contribution < -0.4 is 0 Å². The molecule has 2 aromatic heterocycles. The average Bonchev–Trinajstić information content (AvgIpc) is 2.84. The molecule has 2 aromatic rings. The molecule has 0 saturated carbocycles. The number of nitriles is 1. The van der Waals surface area contributed by atoms with Gasteiger partial charge in [-0.15, -0.1) is 11.3 Å². The van der Waals surface area contributed by atoms with Crippen LogP contribution in [-0.4, -0.2) is 23.2 Å². The molecule has 0 amide bonds. The maximum atomic E-state index is 11.3. The Kier molecular flexibility index (Phi) is 2.67. The fourth-order valence-corrected chi connectivity index (χ4v) is 2.91. The van der Waals surface area contributed by atoms with Crippen LogP contribution in [0.4, 0.5) is 0 Å². The fraction of sp³-hybridized carbons (Fsp3) is 0. The molecule has 0 aliphatic rings. The van der Waals surface area contributed by atoms with E-state index in [1.165, 1.54) is 17.5 Å². The van der Waals surface area contributed by atoms with E-state index in [-0.39, 0.29) is 10.6 Å². The third-order valence-electron chi connectivity index (χ3n) is 1.68. The van der Waals surface area contributed by atoms with Gasteiger partial charge in [-0.05, 0) is 0 Å². The largest absolute Gasteiger partial charge is 0.280 e. The molecule has 0 N–H and O–H groups in total.